The second-order valence-electron chi connectivity index (χ2n) is 2.17. The van der Waals surface area contributed by atoms with Gasteiger partial charge in [-0.2, -0.15) is 0 Å². The minimum atomic E-state index is -0.501. The molecule has 0 aromatic heterocycles. The van der Waals surface area contributed by atoms with Crippen LogP contribution in [0.4, 0.5) is 0 Å². The first-order chi connectivity index (χ1) is 6.22. The van der Waals surface area contributed by atoms with E-state index >= 15 is 0 Å². The molecule has 0 atom stereocenters. The van der Waals surface area contributed by atoms with Crippen molar-refractivity contribution in [2.75, 3.05) is 13.2 Å². The minimum absolute atomic E-state index is 0.0465. The Morgan fingerprint density at radius 2 is 2.15 bits per heavy atom. The summed E-state index contributed by atoms with van der Waals surface area (Å²) in [5.74, 6) is -0.501. The van der Waals surface area contributed by atoms with Gasteiger partial charge in [-0.1, -0.05) is 26.0 Å². The van der Waals surface area contributed by atoms with E-state index in [0.717, 1.165) is 12.5 Å². The molecule has 1 N–H and O–H groups in total. The molecule has 0 rings (SSSR count). The summed E-state index contributed by atoms with van der Waals surface area (Å²) in [4.78, 5) is 10.1. The van der Waals surface area contributed by atoms with Gasteiger partial charge in [0.2, 0.25) is 0 Å². The van der Waals surface area contributed by atoms with E-state index in [-0.39, 0.29) is 13.2 Å². The highest BCUT2D eigenvalue weighted by molar-refractivity contribution is 5.81. The van der Waals surface area contributed by atoms with E-state index in [1.165, 1.54) is 6.42 Å². The summed E-state index contributed by atoms with van der Waals surface area (Å²) in [5.41, 5.74) is 0. The molecule has 0 fully saturated rings. The lowest BCUT2D eigenvalue weighted by atomic mass is 10.3. The molecule has 0 aromatic carbocycles. The third kappa shape index (κ3) is 18.1. The van der Waals surface area contributed by atoms with Gasteiger partial charge in [-0.25, -0.2) is 4.79 Å². The Morgan fingerprint density at radius 3 is 2.38 bits per heavy atom. The molecule has 3 heteroatoms. The van der Waals surface area contributed by atoms with E-state index in [2.05, 4.69) is 24.8 Å². The van der Waals surface area contributed by atoms with E-state index in [1.807, 2.05) is 6.08 Å². The van der Waals surface area contributed by atoms with Crippen LogP contribution in [-0.2, 0) is 9.53 Å². The van der Waals surface area contributed by atoms with Crippen molar-refractivity contribution >= 4 is 5.97 Å². The molecule has 76 valence electrons. The van der Waals surface area contributed by atoms with Crippen LogP contribution in [0, 0.1) is 0 Å². The molecule has 0 heterocycles. The van der Waals surface area contributed by atoms with Gasteiger partial charge < -0.3 is 9.84 Å². The van der Waals surface area contributed by atoms with Gasteiger partial charge in [-0.05, 0) is 6.42 Å². The molecular weight excluding hydrogens is 168 g/mol. The van der Waals surface area contributed by atoms with Crippen LogP contribution >= 0.6 is 0 Å². The second kappa shape index (κ2) is 13.5. The summed E-state index contributed by atoms with van der Waals surface area (Å²) in [6.07, 6.45) is 5.36. The fraction of sp³-hybridized carbons (Fsp3) is 0.500. The smallest absolute Gasteiger partial charge is 0.330 e. The Hall–Kier alpha value is -1.09. The third-order valence-corrected chi connectivity index (χ3v) is 0.995. The van der Waals surface area contributed by atoms with E-state index < -0.39 is 5.97 Å². The lowest BCUT2D eigenvalue weighted by Gasteiger charge is -1.94. The molecule has 0 spiro atoms. The number of carbonyl (C=O) groups excluding carboxylic acids is 1. The number of aliphatic hydroxyl groups excluding tert-OH is 1. The van der Waals surface area contributed by atoms with Crippen LogP contribution in [0.1, 0.15) is 19.8 Å². The SMILES string of the molecule is C=CC(=O)OCCO.C=CCCC. The molecule has 0 radical (unpaired) electrons. The molecule has 0 bridgehead atoms. The van der Waals surface area contributed by atoms with E-state index in [1.54, 1.807) is 0 Å². The van der Waals surface area contributed by atoms with Crippen LogP contribution in [0.5, 0.6) is 0 Å². The van der Waals surface area contributed by atoms with Crippen molar-refractivity contribution in [2.24, 2.45) is 0 Å². The lowest BCUT2D eigenvalue weighted by molar-refractivity contribution is -0.138. The number of allylic oxidation sites excluding steroid dienone is 1. The quantitative estimate of drug-likeness (QED) is 0.403. The summed E-state index contributed by atoms with van der Waals surface area (Å²) in [7, 11) is 0. The maximum absolute atomic E-state index is 10.1. The molecule has 0 aliphatic carbocycles. The molecule has 0 saturated heterocycles. The van der Waals surface area contributed by atoms with Crippen molar-refractivity contribution in [1.29, 1.82) is 0 Å². The van der Waals surface area contributed by atoms with Crippen molar-refractivity contribution in [3.05, 3.63) is 25.3 Å². The molecule has 3 nitrogen and oxygen atoms in total. The summed E-state index contributed by atoms with van der Waals surface area (Å²) in [6.45, 7) is 8.76. The Labute approximate surface area is 79.7 Å². The average molecular weight is 186 g/mol. The number of ether oxygens (including phenoxy) is 1. The zero-order valence-electron chi connectivity index (χ0n) is 8.16. The van der Waals surface area contributed by atoms with Crippen LogP contribution in [0.15, 0.2) is 25.3 Å². The number of esters is 1. The van der Waals surface area contributed by atoms with Crippen LogP contribution in [0.25, 0.3) is 0 Å². The first kappa shape index (κ1) is 14.4. The van der Waals surface area contributed by atoms with Gasteiger partial charge in [0, 0.05) is 6.08 Å². The standard InChI is InChI=1S/C5H8O3.C5H10/c1-2-5(7)8-4-3-6;1-3-5-4-2/h2,6H,1,3-4H2;3H,1,4-5H2,2H3. The molecule has 13 heavy (non-hydrogen) atoms. The van der Waals surface area contributed by atoms with Gasteiger partial charge in [0.15, 0.2) is 0 Å². The topological polar surface area (TPSA) is 46.5 Å². The van der Waals surface area contributed by atoms with Crippen LogP contribution in [-0.4, -0.2) is 24.3 Å². The Kier molecular flexibility index (Phi) is 15.0. The monoisotopic (exact) mass is 186 g/mol. The van der Waals surface area contributed by atoms with E-state index in [4.69, 9.17) is 5.11 Å². The van der Waals surface area contributed by atoms with Gasteiger partial charge in [-0.15, -0.1) is 6.58 Å². The van der Waals surface area contributed by atoms with Crippen molar-refractivity contribution in [1.82, 2.24) is 0 Å². The predicted octanol–water partition coefficient (Wildman–Crippen LogP) is 1.68. The number of aliphatic hydroxyl groups is 1. The lowest BCUT2D eigenvalue weighted by Crippen LogP contribution is -2.04. The molecule has 0 saturated carbocycles. The summed E-state index contributed by atoms with van der Waals surface area (Å²) in [6, 6.07) is 0. The highest BCUT2D eigenvalue weighted by atomic mass is 16.5. The Balaban J connectivity index is 0. The van der Waals surface area contributed by atoms with Gasteiger partial charge >= 0.3 is 5.97 Å². The van der Waals surface area contributed by atoms with Gasteiger partial charge in [0.05, 0.1) is 6.61 Å². The summed E-state index contributed by atoms with van der Waals surface area (Å²) >= 11 is 0. The Bertz CT molecular complexity index is 141. The van der Waals surface area contributed by atoms with Crippen LogP contribution < -0.4 is 0 Å². The zero-order chi connectivity index (χ0) is 10.5. The predicted molar refractivity (Wildman–Crippen MR) is 53.3 cm³/mol. The van der Waals surface area contributed by atoms with Crippen molar-refractivity contribution < 1.29 is 14.6 Å². The van der Waals surface area contributed by atoms with Gasteiger partial charge in [-0.3, -0.25) is 0 Å². The number of carbonyl (C=O) groups is 1. The number of hydrogen-bond donors (Lipinski definition) is 1. The molecule has 0 unspecified atom stereocenters. The molecule has 0 amide bonds. The maximum Gasteiger partial charge on any atom is 0.330 e. The largest absolute Gasteiger partial charge is 0.460 e. The van der Waals surface area contributed by atoms with Crippen LogP contribution in [0.3, 0.4) is 0 Å². The van der Waals surface area contributed by atoms with Crippen molar-refractivity contribution in [2.45, 2.75) is 19.8 Å². The first-order valence-electron chi connectivity index (χ1n) is 4.23. The first-order valence-corrected chi connectivity index (χ1v) is 4.23. The summed E-state index contributed by atoms with van der Waals surface area (Å²) < 4.78 is 4.33. The number of rotatable bonds is 5. The highest BCUT2D eigenvalue weighted by Crippen LogP contribution is 1.82. The number of unbranched alkanes of at least 4 members (excludes halogenated alkanes) is 1. The second-order valence-corrected chi connectivity index (χ2v) is 2.17. The van der Waals surface area contributed by atoms with E-state index in [0.29, 0.717) is 0 Å². The fourth-order valence-electron chi connectivity index (χ4n) is 0.409. The number of hydrogen-bond acceptors (Lipinski definition) is 3. The Morgan fingerprint density at radius 1 is 1.54 bits per heavy atom. The molecule has 0 aromatic rings. The average Bonchev–Trinajstić information content (AvgIpc) is 2.16. The van der Waals surface area contributed by atoms with Gasteiger partial charge in [0.25, 0.3) is 0 Å². The van der Waals surface area contributed by atoms with Gasteiger partial charge in [0.1, 0.15) is 6.61 Å². The zero-order valence-corrected chi connectivity index (χ0v) is 8.16. The molecule has 0 aliphatic heterocycles. The molecular formula is C10H18O3. The normalized spacial score (nSPS) is 7.85. The van der Waals surface area contributed by atoms with E-state index in [9.17, 15) is 4.79 Å². The van der Waals surface area contributed by atoms with Crippen molar-refractivity contribution in [3.8, 4) is 0 Å². The summed E-state index contributed by atoms with van der Waals surface area (Å²) in [5, 5.41) is 8.10. The maximum atomic E-state index is 10.1. The third-order valence-electron chi connectivity index (χ3n) is 0.995. The van der Waals surface area contributed by atoms with Crippen molar-refractivity contribution in [3.63, 3.8) is 0 Å². The minimum Gasteiger partial charge on any atom is -0.460 e. The fourth-order valence-corrected chi connectivity index (χ4v) is 0.409. The molecule has 0 aliphatic rings. The van der Waals surface area contributed by atoms with Crippen LogP contribution in [0.2, 0.25) is 0 Å². The highest BCUT2D eigenvalue weighted by Gasteiger charge is 1.90.